The van der Waals surface area contributed by atoms with E-state index in [9.17, 15) is 18.4 Å². The van der Waals surface area contributed by atoms with Crippen molar-refractivity contribution in [1.29, 1.82) is 0 Å². The summed E-state index contributed by atoms with van der Waals surface area (Å²) in [7, 11) is 1.26. The van der Waals surface area contributed by atoms with Crippen molar-refractivity contribution in [3.05, 3.63) is 75.7 Å². The third kappa shape index (κ3) is 5.00. The molecule has 0 saturated carbocycles. The number of rotatable bonds is 6. The molecule has 1 aromatic heterocycles. The molecule has 0 aliphatic heterocycles. The van der Waals surface area contributed by atoms with Crippen molar-refractivity contribution in [3.63, 3.8) is 0 Å². The average molecular weight is 349 g/mol. The monoisotopic (exact) mass is 349 g/mol. The highest BCUT2D eigenvalue weighted by atomic mass is 19.1. The van der Waals surface area contributed by atoms with Crippen LogP contribution >= 0.6 is 0 Å². The van der Waals surface area contributed by atoms with Crippen LogP contribution in [-0.4, -0.2) is 17.6 Å². The zero-order valence-corrected chi connectivity index (χ0v) is 13.8. The highest BCUT2D eigenvalue weighted by Crippen LogP contribution is 2.15. The summed E-state index contributed by atoms with van der Waals surface area (Å²) < 4.78 is 37.8. The van der Waals surface area contributed by atoms with E-state index in [1.165, 1.54) is 36.0 Å². The van der Waals surface area contributed by atoms with Gasteiger partial charge in [0.1, 0.15) is 24.0 Å². The fraction of sp³-hybridized carbons (Fsp3) is 0.222. The SMILES string of the molecule is COC(=O)C=CCn1c(C)cc(OCc2ccc(F)cc2F)cc1=O. The summed E-state index contributed by atoms with van der Waals surface area (Å²) in [6.45, 7) is 1.78. The van der Waals surface area contributed by atoms with Gasteiger partial charge in [-0.1, -0.05) is 6.08 Å². The number of aryl methyl sites for hydroxylation is 1. The largest absolute Gasteiger partial charge is 0.489 e. The lowest BCUT2D eigenvalue weighted by atomic mass is 10.2. The normalized spacial score (nSPS) is 10.9. The van der Waals surface area contributed by atoms with E-state index in [1.807, 2.05) is 0 Å². The number of hydrogen-bond donors (Lipinski definition) is 0. The van der Waals surface area contributed by atoms with Crippen molar-refractivity contribution in [3.8, 4) is 5.75 Å². The minimum absolute atomic E-state index is 0.128. The molecule has 0 spiro atoms. The van der Waals surface area contributed by atoms with Crippen LogP contribution in [0.4, 0.5) is 8.78 Å². The molecule has 0 N–H and O–H groups in total. The fourth-order valence-electron chi connectivity index (χ4n) is 2.14. The number of aromatic nitrogens is 1. The Morgan fingerprint density at radius 3 is 2.64 bits per heavy atom. The Morgan fingerprint density at radius 2 is 2.00 bits per heavy atom. The van der Waals surface area contributed by atoms with Gasteiger partial charge in [0.15, 0.2) is 0 Å². The second-order valence-corrected chi connectivity index (χ2v) is 5.23. The van der Waals surface area contributed by atoms with Gasteiger partial charge in [-0.2, -0.15) is 0 Å². The van der Waals surface area contributed by atoms with Gasteiger partial charge >= 0.3 is 5.97 Å². The smallest absolute Gasteiger partial charge is 0.330 e. The topological polar surface area (TPSA) is 57.5 Å². The number of methoxy groups -OCH3 is 1. The van der Waals surface area contributed by atoms with Crippen LogP contribution in [0.2, 0.25) is 0 Å². The third-order valence-electron chi connectivity index (χ3n) is 3.46. The van der Waals surface area contributed by atoms with E-state index in [-0.39, 0.29) is 30.0 Å². The maximum Gasteiger partial charge on any atom is 0.330 e. The molecular formula is C18H17F2NO4. The first-order chi connectivity index (χ1) is 11.9. The average Bonchev–Trinajstić information content (AvgIpc) is 2.56. The molecule has 5 nitrogen and oxygen atoms in total. The number of carbonyl (C=O) groups is 1. The molecule has 1 heterocycles. The minimum Gasteiger partial charge on any atom is -0.489 e. The van der Waals surface area contributed by atoms with Gasteiger partial charge < -0.3 is 14.0 Å². The van der Waals surface area contributed by atoms with E-state index in [4.69, 9.17) is 4.74 Å². The highest BCUT2D eigenvalue weighted by molar-refractivity contribution is 5.81. The van der Waals surface area contributed by atoms with Crippen molar-refractivity contribution in [2.24, 2.45) is 0 Å². The molecule has 0 aliphatic rings. The Balaban J connectivity index is 2.09. The zero-order valence-electron chi connectivity index (χ0n) is 13.8. The van der Waals surface area contributed by atoms with Gasteiger partial charge in [-0.05, 0) is 25.1 Å². The van der Waals surface area contributed by atoms with Gasteiger partial charge in [0.25, 0.3) is 5.56 Å². The third-order valence-corrected chi connectivity index (χ3v) is 3.46. The molecule has 2 aromatic rings. The van der Waals surface area contributed by atoms with Crippen LogP contribution in [0.1, 0.15) is 11.3 Å². The number of allylic oxidation sites excluding steroid dienone is 1. The quantitative estimate of drug-likeness (QED) is 0.594. The van der Waals surface area contributed by atoms with Crippen LogP contribution < -0.4 is 10.3 Å². The number of hydrogen-bond acceptors (Lipinski definition) is 4. The number of nitrogens with zero attached hydrogens (tertiary/aromatic N) is 1. The molecule has 0 amide bonds. The minimum atomic E-state index is -0.710. The highest BCUT2D eigenvalue weighted by Gasteiger charge is 2.07. The molecular weight excluding hydrogens is 332 g/mol. The van der Waals surface area contributed by atoms with Crippen LogP contribution in [0, 0.1) is 18.6 Å². The van der Waals surface area contributed by atoms with Gasteiger partial charge in [0, 0.05) is 36.0 Å². The maximum atomic E-state index is 13.6. The summed E-state index contributed by atoms with van der Waals surface area (Å²) in [5.74, 6) is -1.61. The van der Waals surface area contributed by atoms with Gasteiger partial charge in [-0.15, -0.1) is 0 Å². The molecule has 2 rings (SSSR count). The van der Waals surface area contributed by atoms with E-state index < -0.39 is 17.6 Å². The number of ether oxygens (including phenoxy) is 2. The van der Waals surface area contributed by atoms with Gasteiger partial charge in [-0.3, -0.25) is 4.79 Å². The van der Waals surface area contributed by atoms with Crippen molar-refractivity contribution in [2.75, 3.05) is 7.11 Å². The lowest BCUT2D eigenvalue weighted by Crippen LogP contribution is -2.21. The summed E-state index contributed by atoms with van der Waals surface area (Å²) >= 11 is 0. The first-order valence-electron chi connectivity index (χ1n) is 7.43. The molecule has 0 radical (unpaired) electrons. The predicted octanol–water partition coefficient (Wildman–Crippen LogP) is 2.74. The predicted molar refractivity (Wildman–Crippen MR) is 87.3 cm³/mol. The van der Waals surface area contributed by atoms with E-state index in [0.29, 0.717) is 5.69 Å². The maximum absolute atomic E-state index is 13.6. The molecule has 0 unspecified atom stereocenters. The van der Waals surface area contributed by atoms with Crippen molar-refractivity contribution in [1.82, 2.24) is 4.57 Å². The Kier molecular flexibility index (Phi) is 6.05. The Bertz CT molecular complexity index is 859. The van der Waals surface area contributed by atoms with Crippen molar-refractivity contribution in [2.45, 2.75) is 20.1 Å². The summed E-state index contributed by atoms with van der Waals surface area (Å²) in [5, 5.41) is 0. The molecule has 0 atom stereocenters. The van der Waals surface area contributed by atoms with Crippen molar-refractivity contribution < 1.29 is 23.0 Å². The molecule has 0 fully saturated rings. The van der Waals surface area contributed by atoms with Crippen LogP contribution in [0.3, 0.4) is 0 Å². The van der Waals surface area contributed by atoms with Gasteiger partial charge in [0.2, 0.25) is 0 Å². The molecule has 132 valence electrons. The van der Waals surface area contributed by atoms with Crippen LogP contribution in [0.5, 0.6) is 5.75 Å². The van der Waals surface area contributed by atoms with Crippen LogP contribution in [0.25, 0.3) is 0 Å². The molecule has 0 bridgehead atoms. The standard InChI is InChI=1S/C18H17F2NO4/c1-12-8-15(25-11-13-5-6-14(19)9-16(13)20)10-17(22)21(12)7-3-4-18(23)24-2/h3-6,8-10H,7,11H2,1-2H3. The Hall–Kier alpha value is -2.96. The van der Waals surface area contributed by atoms with Crippen LogP contribution in [0.15, 0.2) is 47.3 Å². The number of halogens is 2. The first-order valence-corrected chi connectivity index (χ1v) is 7.43. The summed E-state index contributed by atoms with van der Waals surface area (Å²) in [5.41, 5.74) is 0.463. The molecule has 25 heavy (non-hydrogen) atoms. The molecule has 7 heteroatoms. The lowest BCUT2D eigenvalue weighted by Gasteiger charge is -2.11. The summed E-state index contributed by atoms with van der Waals surface area (Å²) in [4.78, 5) is 23.2. The molecule has 0 aliphatic carbocycles. The summed E-state index contributed by atoms with van der Waals surface area (Å²) in [6, 6.07) is 6.08. The number of benzene rings is 1. The van der Waals surface area contributed by atoms with Crippen molar-refractivity contribution >= 4 is 5.97 Å². The summed E-state index contributed by atoms with van der Waals surface area (Å²) in [6.07, 6.45) is 2.74. The van der Waals surface area contributed by atoms with Crippen LogP contribution in [-0.2, 0) is 22.7 Å². The zero-order chi connectivity index (χ0) is 18.4. The van der Waals surface area contributed by atoms with E-state index >= 15 is 0 Å². The second kappa shape index (κ2) is 8.23. The first kappa shape index (κ1) is 18.4. The molecule has 0 saturated heterocycles. The Morgan fingerprint density at radius 1 is 1.24 bits per heavy atom. The fourth-order valence-corrected chi connectivity index (χ4v) is 2.14. The second-order valence-electron chi connectivity index (χ2n) is 5.23. The Labute approximate surface area is 143 Å². The van der Waals surface area contributed by atoms with Gasteiger partial charge in [0.05, 0.1) is 7.11 Å². The number of esters is 1. The van der Waals surface area contributed by atoms with E-state index in [2.05, 4.69) is 4.74 Å². The lowest BCUT2D eigenvalue weighted by molar-refractivity contribution is -0.134. The van der Waals surface area contributed by atoms with E-state index in [0.717, 1.165) is 12.1 Å². The number of pyridine rings is 1. The number of carbonyl (C=O) groups excluding carboxylic acids is 1. The van der Waals surface area contributed by atoms with Gasteiger partial charge in [-0.25, -0.2) is 13.6 Å². The molecule has 1 aromatic carbocycles. The van der Waals surface area contributed by atoms with E-state index in [1.54, 1.807) is 13.0 Å².